The molecule has 2 N–H and O–H groups in total. The number of fused-ring (bicyclic) bond motifs is 1. The van der Waals surface area contributed by atoms with Gasteiger partial charge in [-0.15, -0.1) is 0 Å². The Balaban J connectivity index is 1.42. The standard InChI is InChI=1S/C18H21N7O2/c26-17(5-7-20-14-3-1-2-6-19-14)23-15-13-18(24-9-11-27-12-10-24)25-16(22-15)4-8-21-25/h1-4,6,8,13H,5,7,9-12H2,(H,19,20)(H,22,23,26). The first-order valence-electron chi connectivity index (χ1n) is 8.92. The molecular weight excluding hydrogens is 346 g/mol. The summed E-state index contributed by atoms with van der Waals surface area (Å²) in [5.74, 6) is 2.06. The van der Waals surface area contributed by atoms with Crippen LogP contribution in [0, 0.1) is 0 Å². The first-order chi connectivity index (χ1) is 13.3. The van der Waals surface area contributed by atoms with Crippen LogP contribution in [-0.2, 0) is 9.53 Å². The number of hydrogen-bond donors (Lipinski definition) is 2. The van der Waals surface area contributed by atoms with Crippen LogP contribution in [0.5, 0.6) is 0 Å². The average Bonchev–Trinajstić information content (AvgIpc) is 3.17. The van der Waals surface area contributed by atoms with Gasteiger partial charge in [-0.05, 0) is 12.1 Å². The molecule has 9 nitrogen and oxygen atoms in total. The zero-order valence-corrected chi connectivity index (χ0v) is 14.8. The zero-order valence-electron chi connectivity index (χ0n) is 14.8. The van der Waals surface area contributed by atoms with Crippen molar-refractivity contribution in [3.05, 3.63) is 42.7 Å². The summed E-state index contributed by atoms with van der Waals surface area (Å²) in [5.41, 5.74) is 0.695. The third-order valence-electron chi connectivity index (χ3n) is 4.27. The normalized spacial score (nSPS) is 14.3. The first-order valence-corrected chi connectivity index (χ1v) is 8.92. The number of pyridine rings is 1. The van der Waals surface area contributed by atoms with Gasteiger partial charge in [0.15, 0.2) is 5.65 Å². The number of nitrogens with zero attached hydrogens (tertiary/aromatic N) is 5. The summed E-state index contributed by atoms with van der Waals surface area (Å²) in [7, 11) is 0. The number of amides is 1. The second-order valence-corrected chi connectivity index (χ2v) is 6.14. The smallest absolute Gasteiger partial charge is 0.227 e. The van der Waals surface area contributed by atoms with E-state index in [-0.39, 0.29) is 5.91 Å². The molecule has 1 amide bonds. The molecule has 0 unspecified atom stereocenters. The van der Waals surface area contributed by atoms with Crippen molar-refractivity contribution in [2.45, 2.75) is 6.42 Å². The molecule has 0 spiro atoms. The molecule has 1 aliphatic rings. The number of ether oxygens (including phenoxy) is 1. The number of hydrogen-bond acceptors (Lipinski definition) is 7. The van der Waals surface area contributed by atoms with Gasteiger partial charge in [0, 0.05) is 44.4 Å². The van der Waals surface area contributed by atoms with Gasteiger partial charge in [0.05, 0.1) is 19.4 Å². The summed E-state index contributed by atoms with van der Waals surface area (Å²) in [6.07, 6.45) is 3.73. The molecule has 0 radical (unpaired) electrons. The number of aromatic nitrogens is 4. The van der Waals surface area contributed by atoms with Gasteiger partial charge >= 0.3 is 0 Å². The monoisotopic (exact) mass is 367 g/mol. The molecule has 1 aliphatic heterocycles. The molecule has 4 heterocycles. The number of rotatable bonds is 6. The fraction of sp³-hybridized carbons (Fsp3) is 0.333. The Kier molecular flexibility index (Phi) is 5.10. The van der Waals surface area contributed by atoms with Crippen LogP contribution in [0.25, 0.3) is 5.65 Å². The van der Waals surface area contributed by atoms with Gasteiger partial charge in [-0.2, -0.15) is 9.61 Å². The van der Waals surface area contributed by atoms with Crippen LogP contribution in [0.2, 0.25) is 0 Å². The highest BCUT2D eigenvalue weighted by molar-refractivity contribution is 5.90. The third-order valence-corrected chi connectivity index (χ3v) is 4.27. The summed E-state index contributed by atoms with van der Waals surface area (Å²) < 4.78 is 7.20. The lowest BCUT2D eigenvalue weighted by Gasteiger charge is -2.29. The van der Waals surface area contributed by atoms with Crippen molar-refractivity contribution in [2.24, 2.45) is 0 Å². The number of anilines is 3. The van der Waals surface area contributed by atoms with E-state index >= 15 is 0 Å². The highest BCUT2D eigenvalue weighted by Crippen LogP contribution is 2.21. The van der Waals surface area contributed by atoms with E-state index in [0.717, 1.165) is 24.7 Å². The summed E-state index contributed by atoms with van der Waals surface area (Å²) in [4.78, 5) is 23.1. The highest BCUT2D eigenvalue weighted by Gasteiger charge is 2.17. The maximum Gasteiger partial charge on any atom is 0.227 e. The largest absolute Gasteiger partial charge is 0.378 e. The molecule has 0 atom stereocenters. The fourth-order valence-corrected chi connectivity index (χ4v) is 2.96. The van der Waals surface area contributed by atoms with Gasteiger partial charge in [-0.3, -0.25) is 4.79 Å². The Hall–Kier alpha value is -3.20. The number of morpholine rings is 1. The SMILES string of the molecule is O=C(CCNc1ccccn1)Nc1cc(N2CCOCC2)n2nccc2n1. The Morgan fingerprint density at radius 3 is 2.85 bits per heavy atom. The minimum atomic E-state index is -0.109. The molecule has 0 aromatic carbocycles. The highest BCUT2D eigenvalue weighted by atomic mass is 16.5. The zero-order chi connectivity index (χ0) is 18.5. The minimum Gasteiger partial charge on any atom is -0.378 e. The van der Waals surface area contributed by atoms with E-state index in [1.807, 2.05) is 30.3 Å². The Morgan fingerprint density at radius 1 is 1.15 bits per heavy atom. The van der Waals surface area contributed by atoms with Crippen molar-refractivity contribution >= 4 is 29.0 Å². The molecule has 0 aliphatic carbocycles. The summed E-state index contributed by atoms with van der Waals surface area (Å²) in [6, 6.07) is 9.29. The summed E-state index contributed by atoms with van der Waals surface area (Å²) in [6.45, 7) is 3.40. The molecule has 1 saturated heterocycles. The quantitative estimate of drug-likeness (QED) is 0.680. The van der Waals surface area contributed by atoms with Crippen LogP contribution < -0.4 is 15.5 Å². The topological polar surface area (TPSA) is 96.7 Å². The number of carbonyl (C=O) groups is 1. The predicted molar refractivity (Wildman–Crippen MR) is 102 cm³/mol. The first kappa shape index (κ1) is 17.2. The van der Waals surface area contributed by atoms with Crippen molar-refractivity contribution in [3.63, 3.8) is 0 Å². The molecule has 0 bridgehead atoms. The van der Waals surface area contributed by atoms with Crippen molar-refractivity contribution in [2.75, 3.05) is 48.4 Å². The maximum absolute atomic E-state index is 12.3. The van der Waals surface area contributed by atoms with Crippen LogP contribution in [0.1, 0.15) is 6.42 Å². The van der Waals surface area contributed by atoms with Crippen molar-refractivity contribution in [1.29, 1.82) is 0 Å². The molecule has 4 rings (SSSR count). The predicted octanol–water partition coefficient (Wildman–Crippen LogP) is 1.40. The van der Waals surface area contributed by atoms with Gasteiger partial charge in [0.25, 0.3) is 0 Å². The van der Waals surface area contributed by atoms with E-state index in [0.29, 0.717) is 37.6 Å². The van der Waals surface area contributed by atoms with Crippen LogP contribution in [0.4, 0.5) is 17.5 Å². The van der Waals surface area contributed by atoms with Crippen LogP contribution in [-0.4, -0.2) is 58.3 Å². The molecule has 3 aromatic heterocycles. The van der Waals surface area contributed by atoms with Gasteiger partial charge in [0.2, 0.25) is 5.91 Å². The Bertz CT molecular complexity index is 906. The molecule has 1 fully saturated rings. The lowest BCUT2D eigenvalue weighted by molar-refractivity contribution is -0.116. The van der Waals surface area contributed by atoms with Crippen molar-refractivity contribution < 1.29 is 9.53 Å². The number of carbonyl (C=O) groups excluding carboxylic acids is 1. The fourth-order valence-electron chi connectivity index (χ4n) is 2.96. The number of nitrogens with one attached hydrogen (secondary N) is 2. The Labute approximate surface area is 156 Å². The lowest BCUT2D eigenvalue weighted by Crippen LogP contribution is -2.37. The van der Waals surface area contributed by atoms with Gasteiger partial charge in [0.1, 0.15) is 17.5 Å². The van der Waals surface area contributed by atoms with E-state index in [4.69, 9.17) is 4.74 Å². The van der Waals surface area contributed by atoms with E-state index < -0.39 is 0 Å². The second-order valence-electron chi connectivity index (χ2n) is 6.14. The van der Waals surface area contributed by atoms with E-state index in [1.165, 1.54) is 0 Å². The minimum absolute atomic E-state index is 0.109. The van der Waals surface area contributed by atoms with Crippen molar-refractivity contribution in [1.82, 2.24) is 19.6 Å². The lowest BCUT2D eigenvalue weighted by atomic mass is 10.3. The molecule has 3 aromatic rings. The maximum atomic E-state index is 12.3. The van der Waals surface area contributed by atoms with Crippen LogP contribution in [0.3, 0.4) is 0 Å². The molecule has 27 heavy (non-hydrogen) atoms. The van der Waals surface area contributed by atoms with Crippen LogP contribution >= 0.6 is 0 Å². The van der Waals surface area contributed by atoms with Gasteiger partial charge in [-0.25, -0.2) is 9.97 Å². The Morgan fingerprint density at radius 2 is 2.04 bits per heavy atom. The van der Waals surface area contributed by atoms with Gasteiger partial charge < -0.3 is 20.3 Å². The van der Waals surface area contributed by atoms with Crippen LogP contribution in [0.15, 0.2) is 42.7 Å². The second kappa shape index (κ2) is 8.00. The average molecular weight is 367 g/mol. The molecule has 0 saturated carbocycles. The van der Waals surface area contributed by atoms with E-state index in [2.05, 4.69) is 30.6 Å². The van der Waals surface area contributed by atoms with E-state index in [9.17, 15) is 4.79 Å². The molecule has 9 heteroatoms. The molecule has 140 valence electrons. The summed E-state index contributed by atoms with van der Waals surface area (Å²) in [5, 5.41) is 10.3. The van der Waals surface area contributed by atoms with Crippen molar-refractivity contribution in [3.8, 4) is 0 Å². The third kappa shape index (κ3) is 4.14. The molecular formula is C18H21N7O2. The van der Waals surface area contributed by atoms with Gasteiger partial charge in [-0.1, -0.05) is 6.07 Å². The summed E-state index contributed by atoms with van der Waals surface area (Å²) >= 11 is 0. The van der Waals surface area contributed by atoms with E-state index in [1.54, 1.807) is 16.9 Å².